The molecule has 0 aromatic carbocycles. The Morgan fingerprint density at radius 3 is 2.95 bits per heavy atom. The van der Waals surface area contributed by atoms with Gasteiger partial charge >= 0.3 is 0 Å². The summed E-state index contributed by atoms with van der Waals surface area (Å²) in [6, 6.07) is 4.95. The second kappa shape index (κ2) is 7.77. The number of hydrogen-bond acceptors (Lipinski definition) is 3. The van der Waals surface area contributed by atoms with Gasteiger partial charge in [0.15, 0.2) is 0 Å². The zero-order valence-corrected chi connectivity index (χ0v) is 14.2. The van der Waals surface area contributed by atoms with E-state index in [4.69, 9.17) is 4.74 Å². The van der Waals surface area contributed by atoms with E-state index in [1.54, 1.807) is 0 Å². The summed E-state index contributed by atoms with van der Waals surface area (Å²) in [5.74, 6) is 0.664. The number of nitrogens with one attached hydrogen (secondary N) is 1. The number of ether oxygens (including phenoxy) is 1. The predicted molar refractivity (Wildman–Crippen MR) is 85.9 cm³/mol. The van der Waals surface area contributed by atoms with Crippen molar-refractivity contribution in [2.24, 2.45) is 5.92 Å². The van der Waals surface area contributed by atoms with Gasteiger partial charge in [-0.25, -0.2) is 0 Å². The van der Waals surface area contributed by atoms with Crippen molar-refractivity contribution >= 4 is 27.3 Å². The minimum Gasteiger partial charge on any atom is -0.378 e. The molecule has 1 aromatic heterocycles. The molecule has 0 saturated carbocycles. The lowest BCUT2D eigenvalue weighted by atomic mass is 9.89. The second-order valence-electron chi connectivity index (χ2n) is 5.24. The number of halogens is 1. The van der Waals surface area contributed by atoms with Gasteiger partial charge in [-0.15, -0.1) is 11.3 Å². The van der Waals surface area contributed by atoms with Gasteiger partial charge in [-0.05, 0) is 60.3 Å². The lowest BCUT2D eigenvalue weighted by molar-refractivity contribution is 0.0775. The molecule has 0 amide bonds. The molecule has 1 aromatic rings. The van der Waals surface area contributed by atoms with Crippen LogP contribution >= 0.6 is 27.3 Å². The van der Waals surface area contributed by atoms with Gasteiger partial charge in [-0.3, -0.25) is 0 Å². The van der Waals surface area contributed by atoms with E-state index in [2.05, 4.69) is 47.2 Å². The highest BCUT2D eigenvalue weighted by Crippen LogP contribution is 2.30. The van der Waals surface area contributed by atoms with Crippen LogP contribution in [0.1, 0.15) is 38.0 Å². The monoisotopic (exact) mass is 345 g/mol. The quantitative estimate of drug-likeness (QED) is 0.797. The van der Waals surface area contributed by atoms with Gasteiger partial charge in [0.05, 0.1) is 9.89 Å². The molecule has 3 unspecified atom stereocenters. The van der Waals surface area contributed by atoms with Crippen LogP contribution in [-0.2, 0) is 11.2 Å². The van der Waals surface area contributed by atoms with Gasteiger partial charge in [0, 0.05) is 23.4 Å². The fourth-order valence-electron chi connectivity index (χ4n) is 2.93. The molecule has 19 heavy (non-hydrogen) atoms. The van der Waals surface area contributed by atoms with Crippen LogP contribution in [0.3, 0.4) is 0 Å². The van der Waals surface area contributed by atoms with E-state index in [0.717, 1.165) is 26.0 Å². The lowest BCUT2D eigenvalue weighted by Gasteiger charge is -2.28. The molecule has 2 rings (SSSR count). The smallest absolute Gasteiger partial charge is 0.0701 e. The number of rotatable bonds is 7. The number of hydrogen-bond donors (Lipinski definition) is 1. The Balaban J connectivity index is 2.02. The first-order chi connectivity index (χ1) is 9.24. The summed E-state index contributed by atoms with van der Waals surface area (Å²) in [5, 5.41) is 3.74. The van der Waals surface area contributed by atoms with Crippen LogP contribution in [0.5, 0.6) is 0 Å². The highest BCUT2D eigenvalue weighted by atomic mass is 79.9. The Bertz CT molecular complexity index is 382. The summed E-state index contributed by atoms with van der Waals surface area (Å²) >= 11 is 5.41. The van der Waals surface area contributed by atoms with Crippen LogP contribution in [0.15, 0.2) is 15.9 Å². The molecule has 0 radical (unpaired) electrons. The van der Waals surface area contributed by atoms with Crippen molar-refractivity contribution in [2.45, 2.75) is 51.7 Å². The molecule has 0 spiro atoms. The molecule has 2 nitrogen and oxygen atoms in total. The fraction of sp³-hybridized carbons (Fsp3) is 0.733. The van der Waals surface area contributed by atoms with Gasteiger partial charge in [0.25, 0.3) is 0 Å². The van der Waals surface area contributed by atoms with Crippen molar-refractivity contribution in [3.8, 4) is 0 Å². The number of thiophene rings is 1. The Labute approximate surface area is 129 Å². The van der Waals surface area contributed by atoms with E-state index in [9.17, 15) is 0 Å². The summed E-state index contributed by atoms with van der Waals surface area (Å²) in [4.78, 5) is 1.46. The van der Waals surface area contributed by atoms with Crippen LogP contribution in [-0.4, -0.2) is 25.3 Å². The summed E-state index contributed by atoms with van der Waals surface area (Å²) < 4.78 is 7.10. The SMILES string of the molecule is CCCNC(Cc1ccc(Br)s1)C1CCOC1CC. The first kappa shape index (κ1) is 15.5. The van der Waals surface area contributed by atoms with Crippen molar-refractivity contribution in [1.29, 1.82) is 0 Å². The van der Waals surface area contributed by atoms with E-state index in [-0.39, 0.29) is 0 Å². The third kappa shape index (κ3) is 4.28. The van der Waals surface area contributed by atoms with Crippen molar-refractivity contribution in [3.63, 3.8) is 0 Å². The molecule has 108 valence electrons. The maximum Gasteiger partial charge on any atom is 0.0701 e. The van der Waals surface area contributed by atoms with E-state index in [0.29, 0.717) is 18.1 Å². The van der Waals surface area contributed by atoms with Crippen LogP contribution in [0, 0.1) is 5.92 Å². The summed E-state index contributed by atoms with van der Waals surface area (Å²) in [6.07, 6.45) is 5.09. The Kier molecular flexibility index (Phi) is 6.33. The summed E-state index contributed by atoms with van der Waals surface area (Å²) in [5.41, 5.74) is 0. The predicted octanol–water partition coefficient (Wildman–Crippen LogP) is 4.24. The van der Waals surface area contributed by atoms with Crippen LogP contribution < -0.4 is 5.32 Å². The van der Waals surface area contributed by atoms with E-state index in [1.165, 1.54) is 21.5 Å². The average Bonchev–Trinajstić information content (AvgIpc) is 3.03. The van der Waals surface area contributed by atoms with Crippen molar-refractivity contribution in [2.75, 3.05) is 13.2 Å². The first-order valence-electron chi connectivity index (χ1n) is 7.33. The summed E-state index contributed by atoms with van der Waals surface area (Å²) in [6.45, 7) is 6.50. The van der Waals surface area contributed by atoms with Gasteiger partial charge in [-0.1, -0.05) is 13.8 Å². The molecule has 1 fully saturated rings. The van der Waals surface area contributed by atoms with Crippen molar-refractivity contribution < 1.29 is 4.74 Å². The lowest BCUT2D eigenvalue weighted by Crippen LogP contribution is -2.41. The Morgan fingerprint density at radius 1 is 1.47 bits per heavy atom. The van der Waals surface area contributed by atoms with Crippen LogP contribution in [0.2, 0.25) is 0 Å². The van der Waals surface area contributed by atoms with E-state index < -0.39 is 0 Å². The molecule has 1 N–H and O–H groups in total. The molecular weight excluding hydrogens is 322 g/mol. The Morgan fingerprint density at radius 2 is 2.32 bits per heavy atom. The van der Waals surface area contributed by atoms with Gasteiger partial charge in [-0.2, -0.15) is 0 Å². The molecule has 1 aliphatic rings. The molecule has 1 aliphatic heterocycles. The van der Waals surface area contributed by atoms with Crippen molar-refractivity contribution in [1.82, 2.24) is 5.32 Å². The Hall–Kier alpha value is 0.1000. The highest BCUT2D eigenvalue weighted by Gasteiger charge is 2.33. The maximum atomic E-state index is 5.87. The largest absolute Gasteiger partial charge is 0.378 e. The average molecular weight is 346 g/mol. The molecule has 4 heteroatoms. The molecular formula is C15H24BrNOS. The zero-order chi connectivity index (χ0) is 13.7. The van der Waals surface area contributed by atoms with Crippen LogP contribution in [0.4, 0.5) is 0 Å². The van der Waals surface area contributed by atoms with Gasteiger partial charge < -0.3 is 10.1 Å². The van der Waals surface area contributed by atoms with E-state index >= 15 is 0 Å². The van der Waals surface area contributed by atoms with E-state index in [1.807, 2.05) is 11.3 Å². The van der Waals surface area contributed by atoms with Gasteiger partial charge in [0.2, 0.25) is 0 Å². The standard InChI is InChI=1S/C15H24BrNOS/c1-3-8-17-13(10-11-5-6-15(16)19-11)12-7-9-18-14(12)4-2/h5-6,12-14,17H,3-4,7-10H2,1-2H3. The topological polar surface area (TPSA) is 21.3 Å². The highest BCUT2D eigenvalue weighted by molar-refractivity contribution is 9.11. The third-order valence-electron chi connectivity index (χ3n) is 3.89. The fourth-order valence-corrected chi connectivity index (χ4v) is 4.47. The van der Waals surface area contributed by atoms with Gasteiger partial charge in [0.1, 0.15) is 0 Å². The molecule has 1 saturated heterocycles. The van der Waals surface area contributed by atoms with Crippen LogP contribution in [0.25, 0.3) is 0 Å². The molecule has 0 bridgehead atoms. The minimum absolute atomic E-state index is 0.442. The molecule has 2 heterocycles. The zero-order valence-electron chi connectivity index (χ0n) is 11.8. The first-order valence-corrected chi connectivity index (χ1v) is 8.94. The van der Waals surface area contributed by atoms with Crippen molar-refractivity contribution in [3.05, 3.63) is 20.8 Å². The molecule has 0 aliphatic carbocycles. The third-order valence-corrected chi connectivity index (χ3v) is 5.53. The maximum absolute atomic E-state index is 5.87. The summed E-state index contributed by atoms with van der Waals surface area (Å²) in [7, 11) is 0. The molecule has 3 atom stereocenters. The second-order valence-corrected chi connectivity index (χ2v) is 7.79. The normalized spacial score (nSPS) is 24.8. The minimum atomic E-state index is 0.442.